The second kappa shape index (κ2) is 9.67. The average Bonchev–Trinajstić information content (AvgIpc) is 3.10. The van der Waals surface area contributed by atoms with Crippen molar-refractivity contribution in [2.75, 3.05) is 6.54 Å². The van der Waals surface area contributed by atoms with Gasteiger partial charge >= 0.3 is 5.97 Å². The van der Waals surface area contributed by atoms with E-state index in [0.717, 1.165) is 17.5 Å². The summed E-state index contributed by atoms with van der Waals surface area (Å²) in [6.07, 6.45) is 4.86. The molecule has 2 atom stereocenters. The third kappa shape index (κ3) is 5.54. The number of hydrogen-bond acceptors (Lipinski definition) is 3. The van der Waals surface area contributed by atoms with Crippen LogP contribution in [0.4, 0.5) is 0 Å². The van der Waals surface area contributed by atoms with Gasteiger partial charge in [0.15, 0.2) is 0 Å². The Hall–Kier alpha value is -2.63. The van der Waals surface area contributed by atoms with Gasteiger partial charge in [-0.25, -0.2) is 4.79 Å². The second-order valence-corrected chi connectivity index (χ2v) is 8.94. The van der Waals surface area contributed by atoms with Crippen molar-refractivity contribution in [3.8, 4) is 0 Å². The maximum atomic E-state index is 12.4. The average molecular weight is 442 g/mol. The number of carbonyl (C=O) groups is 2. The monoisotopic (exact) mass is 441 g/mol. The van der Waals surface area contributed by atoms with Crippen LogP contribution in [0.2, 0.25) is 5.02 Å². The number of carboxylic acids is 1. The highest BCUT2D eigenvalue weighted by atomic mass is 35.5. The number of likely N-dealkylation sites (tertiary alicyclic amines) is 1. The Morgan fingerprint density at radius 3 is 2.45 bits per heavy atom. The van der Waals surface area contributed by atoms with E-state index in [2.05, 4.69) is 0 Å². The molecule has 1 aliphatic heterocycles. The topological polar surface area (TPSA) is 77.8 Å². The molecule has 2 unspecified atom stereocenters. The van der Waals surface area contributed by atoms with Crippen LogP contribution in [0.15, 0.2) is 60.7 Å². The highest BCUT2D eigenvalue weighted by Gasteiger charge is 2.31. The van der Waals surface area contributed by atoms with Crippen LogP contribution in [0.5, 0.6) is 0 Å². The van der Waals surface area contributed by atoms with Gasteiger partial charge in [0.1, 0.15) is 0 Å². The summed E-state index contributed by atoms with van der Waals surface area (Å²) in [5, 5.41) is 20.5. The number of hydrogen-bond donors (Lipinski definition) is 2. The van der Waals surface area contributed by atoms with Gasteiger partial charge < -0.3 is 15.1 Å². The zero-order valence-corrected chi connectivity index (χ0v) is 18.5. The fraction of sp³-hybridized carbons (Fsp3) is 0.360. The first-order chi connectivity index (χ1) is 14.7. The van der Waals surface area contributed by atoms with E-state index in [-0.39, 0.29) is 17.5 Å². The van der Waals surface area contributed by atoms with Crippen molar-refractivity contribution in [3.63, 3.8) is 0 Å². The van der Waals surface area contributed by atoms with E-state index in [4.69, 9.17) is 16.7 Å². The SMILES string of the molecule is CC(C)(c1ccc(Cl)cc1)C(O)C=CC1CCC(=O)N1CCc1ccc(C(=O)O)cc1. The Morgan fingerprint density at radius 2 is 1.84 bits per heavy atom. The summed E-state index contributed by atoms with van der Waals surface area (Å²) in [5.41, 5.74) is 1.72. The van der Waals surface area contributed by atoms with Crippen molar-refractivity contribution in [1.82, 2.24) is 4.90 Å². The molecular formula is C25H28ClNO4. The van der Waals surface area contributed by atoms with E-state index in [1.165, 1.54) is 0 Å². The van der Waals surface area contributed by atoms with Crippen LogP contribution in [0.3, 0.4) is 0 Å². The predicted molar refractivity (Wildman–Crippen MR) is 121 cm³/mol. The molecule has 2 aromatic rings. The molecule has 0 spiro atoms. The summed E-state index contributed by atoms with van der Waals surface area (Å²) < 4.78 is 0. The van der Waals surface area contributed by atoms with Gasteiger partial charge in [0.2, 0.25) is 5.91 Å². The van der Waals surface area contributed by atoms with Crippen molar-refractivity contribution in [1.29, 1.82) is 0 Å². The van der Waals surface area contributed by atoms with E-state index < -0.39 is 17.5 Å². The Morgan fingerprint density at radius 1 is 1.19 bits per heavy atom. The molecule has 1 amide bonds. The van der Waals surface area contributed by atoms with Gasteiger partial charge in [-0.2, -0.15) is 0 Å². The molecule has 31 heavy (non-hydrogen) atoms. The molecule has 0 bridgehead atoms. The summed E-state index contributed by atoms with van der Waals surface area (Å²) in [6, 6.07) is 14.1. The number of amides is 1. The lowest BCUT2D eigenvalue weighted by Crippen LogP contribution is -2.35. The molecule has 1 aliphatic rings. The summed E-state index contributed by atoms with van der Waals surface area (Å²) in [4.78, 5) is 25.2. The molecule has 3 rings (SSSR count). The Labute approximate surface area is 188 Å². The van der Waals surface area contributed by atoms with Crippen LogP contribution >= 0.6 is 11.6 Å². The van der Waals surface area contributed by atoms with Gasteiger partial charge in [-0.05, 0) is 48.2 Å². The molecule has 2 aromatic carbocycles. The van der Waals surface area contributed by atoms with Gasteiger partial charge in [-0.15, -0.1) is 0 Å². The summed E-state index contributed by atoms with van der Waals surface area (Å²) in [5.74, 6) is -0.852. The molecule has 0 radical (unpaired) electrons. The minimum atomic E-state index is -0.952. The fourth-order valence-electron chi connectivity index (χ4n) is 3.83. The Bertz CT molecular complexity index is 950. The van der Waals surface area contributed by atoms with Gasteiger partial charge in [0.25, 0.3) is 0 Å². The van der Waals surface area contributed by atoms with Crippen molar-refractivity contribution >= 4 is 23.5 Å². The van der Waals surface area contributed by atoms with Crippen molar-refractivity contribution in [2.24, 2.45) is 0 Å². The van der Waals surface area contributed by atoms with Crippen LogP contribution in [0, 0.1) is 0 Å². The quantitative estimate of drug-likeness (QED) is 0.592. The minimum absolute atomic E-state index is 0.0542. The third-order valence-corrected chi connectivity index (χ3v) is 6.31. The van der Waals surface area contributed by atoms with Gasteiger partial charge in [0.05, 0.1) is 17.7 Å². The summed E-state index contributed by atoms with van der Waals surface area (Å²) in [7, 11) is 0. The van der Waals surface area contributed by atoms with Crippen molar-refractivity contribution in [2.45, 2.75) is 50.7 Å². The summed E-state index contributed by atoms with van der Waals surface area (Å²) >= 11 is 5.97. The maximum absolute atomic E-state index is 12.4. The van der Waals surface area contributed by atoms with E-state index in [1.54, 1.807) is 30.3 Å². The number of benzene rings is 2. The molecule has 0 aliphatic carbocycles. The molecule has 6 heteroatoms. The lowest BCUT2D eigenvalue weighted by molar-refractivity contribution is -0.128. The highest BCUT2D eigenvalue weighted by Crippen LogP contribution is 2.30. The molecular weight excluding hydrogens is 414 g/mol. The van der Waals surface area contributed by atoms with E-state index in [9.17, 15) is 14.7 Å². The van der Waals surface area contributed by atoms with Crippen molar-refractivity contribution < 1.29 is 19.8 Å². The van der Waals surface area contributed by atoms with Crippen LogP contribution in [0.1, 0.15) is 48.2 Å². The number of aromatic carboxylic acids is 1. The standard InChI is InChI=1S/C25H28ClNO4/c1-25(2,19-7-9-20(26)10-8-19)22(28)13-11-21-12-14-23(29)27(21)16-15-17-3-5-18(6-4-17)24(30)31/h3-11,13,21-22,28H,12,14-16H2,1-2H3,(H,30,31). The Balaban J connectivity index is 1.64. The number of rotatable bonds is 8. The normalized spacial score (nSPS) is 18.0. The predicted octanol–water partition coefficient (Wildman–Crippen LogP) is 4.47. The zero-order chi connectivity index (χ0) is 22.6. The number of nitrogens with zero attached hydrogens (tertiary/aromatic N) is 1. The second-order valence-electron chi connectivity index (χ2n) is 8.50. The van der Waals surface area contributed by atoms with Crippen molar-refractivity contribution in [3.05, 3.63) is 82.4 Å². The summed E-state index contributed by atoms with van der Waals surface area (Å²) in [6.45, 7) is 4.50. The highest BCUT2D eigenvalue weighted by molar-refractivity contribution is 6.30. The number of halogens is 1. The molecule has 0 aromatic heterocycles. The van der Waals surface area contributed by atoms with E-state index in [0.29, 0.717) is 24.4 Å². The Kier molecular flexibility index (Phi) is 7.19. The van der Waals surface area contributed by atoms with Crippen LogP contribution in [0.25, 0.3) is 0 Å². The molecule has 1 fully saturated rings. The van der Waals surface area contributed by atoms with Gasteiger partial charge in [0, 0.05) is 23.4 Å². The first kappa shape index (κ1) is 23.0. The number of aliphatic hydroxyl groups excluding tert-OH is 1. The number of aliphatic hydroxyl groups is 1. The first-order valence-corrected chi connectivity index (χ1v) is 10.8. The van der Waals surface area contributed by atoms with E-state index in [1.807, 2.05) is 49.1 Å². The van der Waals surface area contributed by atoms with Crippen LogP contribution < -0.4 is 0 Å². The smallest absolute Gasteiger partial charge is 0.335 e. The van der Waals surface area contributed by atoms with Crippen LogP contribution in [-0.2, 0) is 16.6 Å². The molecule has 1 heterocycles. The molecule has 164 valence electrons. The molecule has 5 nitrogen and oxygen atoms in total. The third-order valence-electron chi connectivity index (χ3n) is 6.06. The molecule has 1 saturated heterocycles. The minimum Gasteiger partial charge on any atom is -0.478 e. The number of carboxylic acid groups (broad SMARTS) is 1. The molecule has 0 saturated carbocycles. The fourth-order valence-corrected chi connectivity index (χ4v) is 3.96. The first-order valence-electron chi connectivity index (χ1n) is 10.4. The van der Waals surface area contributed by atoms with Gasteiger partial charge in [-0.3, -0.25) is 4.79 Å². The zero-order valence-electron chi connectivity index (χ0n) is 17.8. The molecule has 2 N–H and O–H groups in total. The lowest BCUT2D eigenvalue weighted by Gasteiger charge is -2.30. The maximum Gasteiger partial charge on any atom is 0.335 e. The number of carbonyl (C=O) groups excluding carboxylic acids is 1. The lowest BCUT2D eigenvalue weighted by atomic mass is 9.79. The van der Waals surface area contributed by atoms with Gasteiger partial charge in [-0.1, -0.05) is 61.9 Å². The largest absolute Gasteiger partial charge is 0.478 e. The van der Waals surface area contributed by atoms with E-state index >= 15 is 0 Å². The van der Waals surface area contributed by atoms with Crippen LogP contribution in [-0.4, -0.2) is 45.7 Å².